The van der Waals surface area contributed by atoms with Gasteiger partial charge in [0.25, 0.3) is 0 Å². The van der Waals surface area contributed by atoms with Gasteiger partial charge in [-0.05, 0) is 44.1 Å². The van der Waals surface area contributed by atoms with Crippen molar-refractivity contribution < 1.29 is 9.59 Å². The highest BCUT2D eigenvalue weighted by molar-refractivity contribution is 5.78. The molecule has 1 aliphatic carbocycles. The largest absolute Gasteiger partial charge is 0.354 e. The van der Waals surface area contributed by atoms with Gasteiger partial charge in [-0.2, -0.15) is 5.10 Å². The first-order valence-electron chi connectivity index (χ1n) is 8.82. The van der Waals surface area contributed by atoms with Crippen LogP contribution in [0.15, 0.2) is 6.20 Å². The molecule has 0 unspecified atom stereocenters. The Hall–Kier alpha value is -1.85. The van der Waals surface area contributed by atoms with Crippen molar-refractivity contribution in [3.05, 3.63) is 17.5 Å². The van der Waals surface area contributed by atoms with Crippen LogP contribution >= 0.6 is 0 Å². The van der Waals surface area contributed by atoms with Crippen LogP contribution < -0.4 is 5.32 Å². The normalized spacial score (nSPS) is 17.9. The fourth-order valence-electron chi connectivity index (χ4n) is 3.43. The zero-order valence-electron chi connectivity index (χ0n) is 13.7. The van der Waals surface area contributed by atoms with Crippen molar-refractivity contribution in [2.45, 2.75) is 57.9 Å². The summed E-state index contributed by atoms with van der Waals surface area (Å²) in [4.78, 5) is 25.4. The van der Waals surface area contributed by atoms with E-state index in [9.17, 15) is 9.59 Å². The SMILES string of the molecule is O=C(Cn1cc2c(n1)CCCCC2)NCCCN1CCCC1=O. The Morgan fingerprint density at radius 1 is 1.17 bits per heavy atom. The maximum Gasteiger partial charge on any atom is 0.241 e. The van der Waals surface area contributed by atoms with Gasteiger partial charge >= 0.3 is 0 Å². The van der Waals surface area contributed by atoms with Gasteiger partial charge in [0.05, 0.1) is 5.69 Å². The molecule has 126 valence electrons. The Morgan fingerprint density at radius 3 is 2.87 bits per heavy atom. The average molecular weight is 318 g/mol. The fourth-order valence-corrected chi connectivity index (χ4v) is 3.43. The van der Waals surface area contributed by atoms with E-state index < -0.39 is 0 Å². The lowest BCUT2D eigenvalue weighted by molar-refractivity contribution is -0.127. The molecule has 0 saturated carbocycles. The smallest absolute Gasteiger partial charge is 0.241 e. The number of nitrogens with one attached hydrogen (secondary N) is 1. The van der Waals surface area contributed by atoms with Gasteiger partial charge < -0.3 is 10.2 Å². The highest BCUT2D eigenvalue weighted by Gasteiger charge is 2.19. The second-order valence-corrected chi connectivity index (χ2v) is 6.55. The van der Waals surface area contributed by atoms with E-state index in [2.05, 4.69) is 10.4 Å². The number of fused-ring (bicyclic) bond motifs is 1. The summed E-state index contributed by atoms with van der Waals surface area (Å²) in [6.07, 6.45) is 10.3. The van der Waals surface area contributed by atoms with Crippen molar-refractivity contribution in [3.8, 4) is 0 Å². The number of carbonyl (C=O) groups excluding carboxylic acids is 2. The number of aryl methyl sites for hydroxylation is 2. The third-order valence-electron chi connectivity index (χ3n) is 4.69. The topological polar surface area (TPSA) is 67.2 Å². The van der Waals surface area contributed by atoms with Crippen LogP contribution in [0.3, 0.4) is 0 Å². The summed E-state index contributed by atoms with van der Waals surface area (Å²) in [5.41, 5.74) is 2.48. The average Bonchev–Trinajstić information content (AvgIpc) is 3.04. The molecule has 6 heteroatoms. The molecule has 0 bridgehead atoms. The molecule has 1 fully saturated rings. The molecule has 2 aliphatic rings. The van der Waals surface area contributed by atoms with Crippen molar-refractivity contribution in [1.82, 2.24) is 20.0 Å². The van der Waals surface area contributed by atoms with Crippen molar-refractivity contribution in [3.63, 3.8) is 0 Å². The third kappa shape index (κ3) is 4.33. The maximum atomic E-state index is 12.0. The summed E-state index contributed by atoms with van der Waals surface area (Å²) >= 11 is 0. The number of likely N-dealkylation sites (tertiary alicyclic amines) is 1. The molecule has 0 atom stereocenters. The number of rotatable bonds is 6. The second-order valence-electron chi connectivity index (χ2n) is 6.55. The van der Waals surface area contributed by atoms with Crippen molar-refractivity contribution in [2.24, 2.45) is 0 Å². The second kappa shape index (κ2) is 7.62. The van der Waals surface area contributed by atoms with Gasteiger partial charge in [0.1, 0.15) is 6.54 Å². The molecule has 2 heterocycles. The van der Waals surface area contributed by atoms with Crippen LogP contribution in [0, 0.1) is 0 Å². The summed E-state index contributed by atoms with van der Waals surface area (Å²) in [5.74, 6) is 0.241. The van der Waals surface area contributed by atoms with Crippen LogP contribution in [-0.2, 0) is 29.0 Å². The molecule has 1 N–H and O–H groups in total. The van der Waals surface area contributed by atoms with Crippen LogP contribution in [0.2, 0.25) is 0 Å². The van der Waals surface area contributed by atoms with Crippen LogP contribution in [0.25, 0.3) is 0 Å². The lowest BCUT2D eigenvalue weighted by Gasteiger charge is -2.15. The lowest BCUT2D eigenvalue weighted by atomic mass is 10.1. The van der Waals surface area contributed by atoms with Gasteiger partial charge in [-0.15, -0.1) is 0 Å². The van der Waals surface area contributed by atoms with Gasteiger partial charge in [-0.3, -0.25) is 14.3 Å². The molecule has 1 aromatic heterocycles. The zero-order chi connectivity index (χ0) is 16.1. The summed E-state index contributed by atoms with van der Waals surface area (Å²) in [6, 6.07) is 0. The standard InChI is InChI=1S/C17H26N4O2/c22-16(18-9-5-11-20-10-4-8-17(20)23)13-21-12-14-6-2-1-3-7-15(14)19-21/h12H,1-11,13H2,(H,18,22). The van der Waals surface area contributed by atoms with Crippen molar-refractivity contribution in [2.75, 3.05) is 19.6 Å². The van der Waals surface area contributed by atoms with Crippen LogP contribution in [-0.4, -0.2) is 46.1 Å². The Bertz CT molecular complexity index is 543. The van der Waals surface area contributed by atoms with Gasteiger partial charge in [0, 0.05) is 32.3 Å². The van der Waals surface area contributed by atoms with E-state index in [0.29, 0.717) is 13.0 Å². The number of aromatic nitrogens is 2. The molecule has 3 rings (SSSR count). The molecule has 2 amide bonds. The van der Waals surface area contributed by atoms with Gasteiger partial charge in [0.2, 0.25) is 11.8 Å². The fraction of sp³-hybridized carbons (Fsp3) is 0.706. The minimum Gasteiger partial charge on any atom is -0.354 e. The molecule has 6 nitrogen and oxygen atoms in total. The molecule has 0 aromatic carbocycles. The summed E-state index contributed by atoms with van der Waals surface area (Å²) < 4.78 is 1.77. The Morgan fingerprint density at radius 2 is 2.04 bits per heavy atom. The van der Waals surface area contributed by atoms with Gasteiger partial charge in [0.15, 0.2) is 0 Å². The van der Waals surface area contributed by atoms with E-state index in [1.807, 2.05) is 11.1 Å². The summed E-state index contributed by atoms with van der Waals surface area (Å²) in [6.45, 7) is 2.51. The molecule has 1 aliphatic heterocycles. The van der Waals surface area contributed by atoms with Gasteiger partial charge in [-0.25, -0.2) is 0 Å². The third-order valence-corrected chi connectivity index (χ3v) is 4.69. The van der Waals surface area contributed by atoms with Gasteiger partial charge in [-0.1, -0.05) is 6.42 Å². The highest BCUT2D eigenvalue weighted by atomic mass is 16.2. The van der Waals surface area contributed by atoms with Crippen molar-refractivity contribution in [1.29, 1.82) is 0 Å². The number of amides is 2. The van der Waals surface area contributed by atoms with E-state index in [4.69, 9.17) is 0 Å². The number of carbonyl (C=O) groups is 2. The summed E-state index contributed by atoms with van der Waals surface area (Å²) in [7, 11) is 0. The number of hydrogen-bond acceptors (Lipinski definition) is 3. The predicted octanol–water partition coefficient (Wildman–Crippen LogP) is 1.28. The molecule has 1 saturated heterocycles. The first-order chi connectivity index (χ1) is 11.2. The van der Waals surface area contributed by atoms with E-state index in [-0.39, 0.29) is 18.4 Å². The molecule has 0 spiro atoms. The Kier molecular flexibility index (Phi) is 5.31. The Labute approximate surface area is 137 Å². The first-order valence-corrected chi connectivity index (χ1v) is 8.82. The highest BCUT2D eigenvalue weighted by Crippen LogP contribution is 2.18. The molecule has 0 radical (unpaired) electrons. The van der Waals surface area contributed by atoms with Crippen LogP contribution in [0.5, 0.6) is 0 Å². The zero-order valence-corrected chi connectivity index (χ0v) is 13.7. The monoisotopic (exact) mass is 318 g/mol. The van der Waals surface area contributed by atoms with E-state index >= 15 is 0 Å². The lowest BCUT2D eigenvalue weighted by Crippen LogP contribution is -2.32. The minimum absolute atomic E-state index is 0.00425. The first kappa shape index (κ1) is 16.0. The Balaban J connectivity index is 1.38. The number of hydrogen-bond donors (Lipinski definition) is 1. The quantitative estimate of drug-likeness (QED) is 0.635. The van der Waals surface area contributed by atoms with Crippen LogP contribution in [0.1, 0.15) is 49.8 Å². The molecular weight excluding hydrogens is 292 g/mol. The van der Waals surface area contributed by atoms with E-state index in [1.165, 1.54) is 30.5 Å². The molecule has 1 aromatic rings. The van der Waals surface area contributed by atoms with Crippen molar-refractivity contribution >= 4 is 11.8 Å². The van der Waals surface area contributed by atoms with Crippen LogP contribution in [0.4, 0.5) is 0 Å². The molecule has 23 heavy (non-hydrogen) atoms. The van der Waals surface area contributed by atoms with E-state index in [0.717, 1.165) is 38.8 Å². The minimum atomic E-state index is -0.00425. The number of nitrogens with zero attached hydrogens (tertiary/aromatic N) is 3. The predicted molar refractivity (Wildman–Crippen MR) is 86.9 cm³/mol. The summed E-state index contributed by atoms with van der Waals surface area (Å²) in [5, 5.41) is 7.48. The molecular formula is C17H26N4O2. The maximum absolute atomic E-state index is 12.0. The van der Waals surface area contributed by atoms with E-state index in [1.54, 1.807) is 4.68 Å².